The number of amides is 1. The van der Waals surface area contributed by atoms with E-state index in [1.54, 1.807) is 13.2 Å². The summed E-state index contributed by atoms with van der Waals surface area (Å²) in [4.78, 5) is 14.9. The number of benzene rings is 2. The van der Waals surface area contributed by atoms with E-state index in [1.807, 2.05) is 73.8 Å². The smallest absolute Gasteiger partial charge is 0.253 e. The van der Waals surface area contributed by atoms with Crippen molar-refractivity contribution in [3.63, 3.8) is 0 Å². The van der Waals surface area contributed by atoms with Gasteiger partial charge in [0, 0.05) is 23.6 Å². The maximum atomic E-state index is 13.6. The van der Waals surface area contributed by atoms with E-state index in [9.17, 15) is 9.18 Å². The molecule has 1 N–H and O–H groups in total. The van der Waals surface area contributed by atoms with Crippen LogP contribution in [0.25, 0.3) is 5.69 Å². The van der Waals surface area contributed by atoms with Gasteiger partial charge >= 0.3 is 0 Å². The van der Waals surface area contributed by atoms with E-state index in [-0.39, 0.29) is 17.8 Å². The number of carbonyl (C=O) groups excluding carboxylic acids is 1. The zero-order chi connectivity index (χ0) is 21.8. The van der Waals surface area contributed by atoms with E-state index in [0.717, 1.165) is 28.4 Å². The van der Waals surface area contributed by atoms with Crippen molar-refractivity contribution in [3.8, 4) is 11.4 Å². The lowest BCUT2D eigenvalue weighted by Gasteiger charge is -2.25. The highest BCUT2D eigenvalue weighted by Crippen LogP contribution is 2.23. The Bertz CT molecular complexity index is 1030. The molecule has 1 amide bonds. The molecule has 0 radical (unpaired) electrons. The van der Waals surface area contributed by atoms with Crippen LogP contribution in [0.2, 0.25) is 0 Å². The molecule has 5 nitrogen and oxygen atoms in total. The highest BCUT2D eigenvalue weighted by molar-refractivity contribution is 5.96. The number of ether oxygens (including phenoxy) is 1. The van der Waals surface area contributed by atoms with Gasteiger partial charge in [0.1, 0.15) is 11.6 Å². The zero-order valence-corrected chi connectivity index (χ0v) is 18.1. The lowest BCUT2D eigenvalue weighted by molar-refractivity contribution is 0.0941. The largest absolute Gasteiger partial charge is 0.497 e. The second kappa shape index (κ2) is 9.13. The molecule has 158 valence electrons. The standard InChI is InChI=1S/C24H28FN3O2/c1-16-13-22(17(2)28(16)20-9-11-21(30-5)12-10-20)24(29)26-15-23(27(3)4)18-7-6-8-19(25)14-18/h6-14,23H,15H2,1-5H3,(H,26,29). The van der Waals surface area contributed by atoms with Crippen molar-refractivity contribution >= 4 is 5.91 Å². The Morgan fingerprint density at radius 1 is 1.13 bits per heavy atom. The van der Waals surface area contributed by atoms with Gasteiger partial charge in [-0.05, 0) is 76.0 Å². The molecule has 3 rings (SSSR count). The van der Waals surface area contributed by atoms with Gasteiger partial charge in [-0.15, -0.1) is 0 Å². The summed E-state index contributed by atoms with van der Waals surface area (Å²) in [6.07, 6.45) is 0. The molecule has 0 aliphatic heterocycles. The first kappa shape index (κ1) is 21.6. The molecule has 0 aliphatic carbocycles. The average Bonchev–Trinajstić information content (AvgIpc) is 3.02. The number of halogens is 1. The van der Waals surface area contributed by atoms with Crippen molar-refractivity contribution in [2.24, 2.45) is 0 Å². The summed E-state index contributed by atoms with van der Waals surface area (Å²) in [7, 11) is 5.46. The molecule has 6 heteroatoms. The molecule has 1 heterocycles. The Balaban J connectivity index is 1.80. The fraction of sp³-hybridized carbons (Fsp3) is 0.292. The fourth-order valence-corrected chi connectivity index (χ4v) is 3.72. The first-order valence-corrected chi connectivity index (χ1v) is 9.85. The van der Waals surface area contributed by atoms with E-state index < -0.39 is 0 Å². The third-order valence-corrected chi connectivity index (χ3v) is 5.32. The van der Waals surface area contributed by atoms with E-state index in [0.29, 0.717) is 12.1 Å². The number of aryl methyl sites for hydroxylation is 1. The molecule has 30 heavy (non-hydrogen) atoms. The summed E-state index contributed by atoms with van der Waals surface area (Å²) >= 11 is 0. The van der Waals surface area contributed by atoms with Gasteiger partial charge in [0.15, 0.2) is 0 Å². The van der Waals surface area contributed by atoms with Crippen molar-refractivity contribution in [3.05, 3.63) is 82.9 Å². The molecular weight excluding hydrogens is 381 g/mol. The highest BCUT2D eigenvalue weighted by atomic mass is 19.1. The molecular formula is C24H28FN3O2. The first-order valence-electron chi connectivity index (χ1n) is 9.85. The monoisotopic (exact) mass is 409 g/mol. The molecule has 0 aliphatic rings. The van der Waals surface area contributed by atoms with Crippen molar-refractivity contribution in [2.45, 2.75) is 19.9 Å². The number of hydrogen-bond acceptors (Lipinski definition) is 3. The summed E-state index contributed by atoms with van der Waals surface area (Å²) in [6.45, 7) is 4.28. The molecule has 0 fully saturated rings. The first-order chi connectivity index (χ1) is 14.3. The van der Waals surface area contributed by atoms with Crippen LogP contribution in [0.3, 0.4) is 0 Å². The van der Waals surface area contributed by atoms with Gasteiger partial charge in [0.05, 0.1) is 18.7 Å². The van der Waals surface area contributed by atoms with Crippen LogP contribution < -0.4 is 10.1 Å². The normalized spacial score (nSPS) is 12.1. The Kier molecular flexibility index (Phi) is 6.57. The van der Waals surface area contributed by atoms with Gasteiger partial charge in [-0.25, -0.2) is 4.39 Å². The number of nitrogens with one attached hydrogen (secondary N) is 1. The number of likely N-dealkylation sites (N-methyl/N-ethyl adjacent to an activating group) is 1. The topological polar surface area (TPSA) is 46.5 Å². The van der Waals surface area contributed by atoms with Crippen LogP contribution in [0, 0.1) is 19.7 Å². The second-order valence-electron chi connectivity index (χ2n) is 7.56. The highest BCUT2D eigenvalue weighted by Gasteiger charge is 2.20. The number of aromatic nitrogens is 1. The molecule has 0 saturated carbocycles. The summed E-state index contributed by atoms with van der Waals surface area (Å²) < 4.78 is 20.9. The number of hydrogen-bond donors (Lipinski definition) is 1. The Labute approximate surface area is 177 Å². The van der Waals surface area contributed by atoms with Gasteiger partial charge in [0.2, 0.25) is 0 Å². The van der Waals surface area contributed by atoms with Crippen LogP contribution in [0.1, 0.15) is 33.4 Å². The Hall–Kier alpha value is -3.12. The van der Waals surface area contributed by atoms with Crippen LogP contribution >= 0.6 is 0 Å². The van der Waals surface area contributed by atoms with Crippen LogP contribution in [-0.4, -0.2) is 43.1 Å². The average molecular weight is 410 g/mol. The predicted molar refractivity (Wildman–Crippen MR) is 117 cm³/mol. The van der Waals surface area contributed by atoms with Crippen molar-refractivity contribution in [1.82, 2.24) is 14.8 Å². The van der Waals surface area contributed by atoms with E-state index >= 15 is 0 Å². The van der Waals surface area contributed by atoms with Gasteiger partial charge in [-0.3, -0.25) is 4.79 Å². The van der Waals surface area contributed by atoms with Crippen LogP contribution in [0.5, 0.6) is 5.75 Å². The summed E-state index contributed by atoms with van der Waals surface area (Å²) in [6, 6.07) is 16.0. The number of rotatable bonds is 7. The van der Waals surface area contributed by atoms with Gasteiger partial charge in [-0.1, -0.05) is 12.1 Å². The maximum absolute atomic E-state index is 13.6. The SMILES string of the molecule is COc1ccc(-n2c(C)cc(C(=O)NCC(c3cccc(F)c3)N(C)C)c2C)cc1. The molecule has 1 unspecified atom stereocenters. The maximum Gasteiger partial charge on any atom is 0.253 e. The van der Waals surface area contributed by atoms with E-state index in [1.165, 1.54) is 12.1 Å². The van der Waals surface area contributed by atoms with E-state index in [2.05, 4.69) is 5.32 Å². The molecule has 0 spiro atoms. The zero-order valence-electron chi connectivity index (χ0n) is 18.1. The molecule has 0 saturated heterocycles. The van der Waals surface area contributed by atoms with Gasteiger partial charge in [-0.2, -0.15) is 0 Å². The molecule has 3 aromatic rings. The lowest BCUT2D eigenvalue weighted by Crippen LogP contribution is -2.34. The summed E-state index contributed by atoms with van der Waals surface area (Å²) in [5.41, 5.74) is 4.25. The predicted octanol–water partition coefficient (Wildman–Crippen LogP) is 4.27. The minimum Gasteiger partial charge on any atom is -0.497 e. The summed E-state index contributed by atoms with van der Waals surface area (Å²) in [5.74, 6) is 0.353. The minimum atomic E-state index is -0.284. The third kappa shape index (κ3) is 4.54. The van der Waals surface area contributed by atoms with Crippen molar-refractivity contribution in [2.75, 3.05) is 27.7 Å². The number of carbonyl (C=O) groups is 1. The second-order valence-corrected chi connectivity index (χ2v) is 7.56. The number of nitrogens with zero attached hydrogens (tertiary/aromatic N) is 2. The molecule has 0 bridgehead atoms. The lowest BCUT2D eigenvalue weighted by atomic mass is 10.1. The Morgan fingerprint density at radius 2 is 1.83 bits per heavy atom. The van der Waals surface area contributed by atoms with Crippen molar-refractivity contribution < 1.29 is 13.9 Å². The Morgan fingerprint density at radius 3 is 2.43 bits per heavy atom. The molecule has 1 aromatic heterocycles. The van der Waals surface area contributed by atoms with Gasteiger partial charge < -0.3 is 19.5 Å². The van der Waals surface area contributed by atoms with Crippen LogP contribution in [0.15, 0.2) is 54.6 Å². The molecule has 2 aromatic carbocycles. The van der Waals surface area contributed by atoms with Crippen molar-refractivity contribution in [1.29, 1.82) is 0 Å². The minimum absolute atomic E-state index is 0.130. The van der Waals surface area contributed by atoms with Gasteiger partial charge in [0.25, 0.3) is 5.91 Å². The quantitative estimate of drug-likeness (QED) is 0.634. The van der Waals surface area contributed by atoms with Crippen LogP contribution in [0.4, 0.5) is 4.39 Å². The molecule has 1 atom stereocenters. The number of methoxy groups -OCH3 is 1. The van der Waals surface area contributed by atoms with Crippen LogP contribution in [-0.2, 0) is 0 Å². The fourth-order valence-electron chi connectivity index (χ4n) is 3.72. The summed E-state index contributed by atoms with van der Waals surface area (Å²) in [5, 5.41) is 3.01. The third-order valence-electron chi connectivity index (χ3n) is 5.32. The van der Waals surface area contributed by atoms with E-state index in [4.69, 9.17) is 4.74 Å².